The third-order valence-electron chi connectivity index (χ3n) is 3.42. The Kier molecular flexibility index (Phi) is 8.69. The number of rotatable bonds is 3. The van der Waals surface area contributed by atoms with Crippen LogP contribution in [-0.2, 0) is 0 Å². The smallest absolute Gasteiger partial charge is 0.254 e. The fraction of sp³-hybridized carbons (Fsp3) is 0.538. The largest absolute Gasteiger partial charge is 0.349 e. The second kappa shape index (κ2) is 9.10. The first-order valence-corrected chi connectivity index (χ1v) is 6.29. The molecule has 1 aliphatic rings. The minimum Gasteiger partial charge on any atom is -0.349 e. The Morgan fingerprint density at radius 2 is 2.30 bits per heavy atom. The molecule has 20 heavy (non-hydrogen) atoms. The van der Waals surface area contributed by atoms with Gasteiger partial charge in [0.1, 0.15) is 0 Å². The Hall–Kier alpha value is -0.910. The Balaban J connectivity index is 0.00000180. The summed E-state index contributed by atoms with van der Waals surface area (Å²) in [5.41, 5.74) is 0.0561. The molecule has 1 aromatic rings. The fourth-order valence-electron chi connectivity index (χ4n) is 2.27. The van der Waals surface area contributed by atoms with Gasteiger partial charge in [0.2, 0.25) is 0 Å². The van der Waals surface area contributed by atoms with Crippen LogP contribution in [0.3, 0.4) is 0 Å². The third-order valence-corrected chi connectivity index (χ3v) is 3.42. The van der Waals surface area contributed by atoms with Crippen LogP contribution in [0.1, 0.15) is 30.1 Å². The summed E-state index contributed by atoms with van der Waals surface area (Å²) in [4.78, 5) is 15.6. The van der Waals surface area contributed by atoms with Crippen molar-refractivity contribution in [2.75, 3.05) is 13.1 Å². The van der Waals surface area contributed by atoms with Gasteiger partial charge < -0.3 is 10.6 Å². The molecule has 4 nitrogen and oxygen atoms in total. The van der Waals surface area contributed by atoms with E-state index in [2.05, 4.69) is 15.6 Å². The number of piperidine rings is 1. The summed E-state index contributed by atoms with van der Waals surface area (Å²) in [7, 11) is 0. The van der Waals surface area contributed by atoms with Crippen molar-refractivity contribution >= 4 is 30.7 Å². The quantitative estimate of drug-likeness (QED) is 0.896. The van der Waals surface area contributed by atoms with Crippen molar-refractivity contribution < 1.29 is 9.18 Å². The SMILES string of the molecule is CC(NC(=O)c1ccncc1F)C1CCCNC1.Cl.Cl. The first kappa shape index (κ1) is 19.1. The van der Waals surface area contributed by atoms with Gasteiger partial charge in [-0.2, -0.15) is 0 Å². The molecule has 2 unspecified atom stereocenters. The maximum atomic E-state index is 13.4. The van der Waals surface area contributed by atoms with Crippen LogP contribution < -0.4 is 10.6 Å². The van der Waals surface area contributed by atoms with Crippen molar-refractivity contribution in [2.45, 2.75) is 25.8 Å². The van der Waals surface area contributed by atoms with Crippen LogP contribution in [0.25, 0.3) is 0 Å². The molecule has 0 bridgehead atoms. The van der Waals surface area contributed by atoms with Crippen molar-refractivity contribution in [3.05, 3.63) is 29.8 Å². The molecule has 1 aliphatic heterocycles. The molecule has 0 aromatic carbocycles. The van der Waals surface area contributed by atoms with Gasteiger partial charge in [-0.05, 0) is 44.8 Å². The van der Waals surface area contributed by atoms with Crippen LogP contribution in [0.15, 0.2) is 18.5 Å². The van der Waals surface area contributed by atoms with Crippen LogP contribution in [0, 0.1) is 11.7 Å². The van der Waals surface area contributed by atoms with Gasteiger partial charge in [0.15, 0.2) is 5.82 Å². The average molecular weight is 324 g/mol. The highest BCUT2D eigenvalue weighted by Gasteiger charge is 2.22. The molecule has 0 spiro atoms. The molecule has 0 radical (unpaired) electrons. The Labute approximate surface area is 130 Å². The van der Waals surface area contributed by atoms with E-state index >= 15 is 0 Å². The van der Waals surface area contributed by atoms with E-state index in [4.69, 9.17) is 0 Å². The number of carbonyl (C=O) groups excluding carboxylic acids is 1. The molecule has 1 fully saturated rings. The first-order chi connectivity index (χ1) is 8.68. The molecule has 2 rings (SSSR count). The summed E-state index contributed by atoms with van der Waals surface area (Å²) < 4.78 is 13.4. The van der Waals surface area contributed by atoms with Crippen molar-refractivity contribution in [3.63, 3.8) is 0 Å². The average Bonchev–Trinajstić information content (AvgIpc) is 2.40. The molecular weight excluding hydrogens is 304 g/mol. The lowest BCUT2D eigenvalue weighted by Gasteiger charge is -2.28. The summed E-state index contributed by atoms with van der Waals surface area (Å²) >= 11 is 0. The lowest BCUT2D eigenvalue weighted by atomic mass is 9.92. The molecule has 0 saturated carbocycles. The number of pyridine rings is 1. The van der Waals surface area contributed by atoms with Gasteiger partial charge in [0, 0.05) is 12.2 Å². The van der Waals surface area contributed by atoms with Gasteiger partial charge in [-0.1, -0.05) is 0 Å². The monoisotopic (exact) mass is 323 g/mol. The van der Waals surface area contributed by atoms with E-state index < -0.39 is 5.82 Å². The van der Waals surface area contributed by atoms with Crippen LogP contribution in [0.2, 0.25) is 0 Å². The van der Waals surface area contributed by atoms with Crippen molar-refractivity contribution in [3.8, 4) is 0 Å². The number of amides is 1. The number of nitrogens with one attached hydrogen (secondary N) is 2. The van der Waals surface area contributed by atoms with Gasteiger partial charge >= 0.3 is 0 Å². The summed E-state index contributed by atoms with van der Waals surface area (Å²) in [5.74, 6) is -0.537. The second-order valence-electron chi connectivity index (χ2n) is 4.72. The van der Waals surface area contributed by atoms with E-state index in [1.807, 2.05) is 6.92 Å². The van der Waals surface area contributed by atoms with Gasteiger partial charge in [-0.15, -0.1) is 24.8 Å². The van der Waals surface area contributed by atoms with E-state index in [9.17, 15) is 9.18 Å². The molecule has 7 heteroatoms. The lowest BCUT2D eigenvalue weighted by molar-refractivity contribution is 0.0917. The molecule has 2 N–H and O–H groups in total. The van der Waals surface area contributed by atoms with Crippen LogP contribution in [-0.4, -0.2) is 30.0 Å². The minimum absolute atomic E-state index is 0. The molecular formula is C13H20Cl2FN3O. The number of halogens is 3. The number of hydrogen-bond donors (Lipinski definition) is 2. The summed E-state index contributed by atoms with van der Waals surface area (Å²) in [6.07, 6.45) is 4.69. The van der Waals surface area contributed by atoms with E-state index in [0.717, 1.165) is 32.1 Å². The fourth-order valence-corrected chi connectivity index (χ4v) is 2.27. The highest BCUT2D eigenvalue weighted by molar-refractivity contribution is 5.94. The van der Waals surface area contributed by atoms with Crippen LogP contribution in [0.5, 0.6) is 0 Å². The second-order valence-corrected chi connectivity index (χ2v) is 4.72. The molecule has 0 aliphatic carbocycles. The highest BCUT2D eigenvalue weighted by atomic mass is 35.5. The molecule has 2 atom stereocenters. The Morgan fingerprint density at radius 3 is 2.90 bits per heavy atom. The predicted octanol–water partition coefficient (Wildman–Crippen LogP) is 2.18. The van der Waals surface area contributed by atoms with E-state index in [0.29, 0.717) is 5.92 Å². The molecule has 1 amide bonds. The zero-order valence-electron chi connectivity index (χ0n) is 11.3. The maximum absolute atomic E-state index is 13.4. The number of hydrogen-bond acceptors (Lipinski definition) is 3. The maximum Gasteiger partial charge on any atom is 0.254 e. The van der Waals surface area contributed by atoms with Crippen molar-refractivity contribution in [2.24, 2.45) is 5.92 Å². The molecule has 2 heterocycles. The number of aromatic nitrogens is 1. The molecule has 114 valence electrons. The standard InChI is InChI=1S/C13H18FN3O.2ClH/c1-9(10-3-2-5-15-7-10)17-13(18)11-4-6-16-8-12(11)14;;/h4,6,8-10,15H,2-3,5,7H2,1H3,(H,17,18);2*1H. The zero-order chi connectivity index (χ0) is 13.0. The predicted molar refractivity (Wildman–Crippen MR) is 81.2 cm³/mol. The van der Waals surface area contributed by atoms with E-state index in [1.54, 1.807) is 0 Å². The molecule has 1 aromatic heterocycles. The van der Waals surface area contributed by atoms with Crippen molar-refractivity contribution in [1.82, 2.24) is 15.6 Å². The highest BCUT2D eigenvalue weighted by Crippen LogP contribution is 2.15. The zero-order valence-corrected chi connectivity index (χ0v) is 12.9. The number of carbonyl (C=O) groups is 1. The third kappa shape index (κ3) is 4.89. The number of nitrogens with zero attached hydrogens (tertiary/aromatic N) is 1. The Morgan fingerprint density at radius 1 is 1.55 bits per heavy atom. The summed E-state index contributed by atoms with van der Waals surface area (Å²) in [5, 5.41) is 6.16. The van der Waals surface area contributed by atoms with Gasteiger partial charge in [-0.25, -0.2) is 4.39 Å². The Bertz CT molecular complexity index is 428. The topological polar surface area (TPSA) is 54.0 Å². The van der Waals surface area contributed by atoms with Gasteiger partial charge in [-0.3, -0.25) is 9.78 Å². The lowest BCUT2D eigenvalue weighted by Crippen LogP contribution is -2.44. The summed E-state index contributed by atoms with van der Waals surface area (Å²) in [6, 6.07) is 1.44. The van der Waals surface area contributed by atoms with Gasteiger partial charge in [0.05, 0.1) is 11.8 Å². The van der Waals surface area contributed by atoms with E-state index in [1.165, 1.54) is 12.3 Å². The van der Waals surface area contributed by atoms with Gasteiger partial charge in [0.25, 0.3) is 5.91 Å². The van der Waals surface area contributed by atoms with Crippen molar-refractivity contribution in [1.29, 1.82) is 0 Å². The first-order valence-electron chi connectivity index (χ1n) is 6.29. The van der Waals surface area contributed by atoms with Crippen LogP contribution in [0.4, 0.5) is 4.39 Å². The summed E-state index contributed by atoms with van der Waals surface area (Å²) in [6.45, 7) is 3.91. The van der Waals surface area contributed by atoms with E-state index in [-0.39, 0.29) is 42.3 Å². The molecule has 1 saturated heterocycles. The van der Waals surface area contributed by atoms with Crippen LogP contribution >= 0.6 is 24.8 Å². The normalized spacial score (nSPS) is 19.2. The minimum atomic E-state index is -0.580.